The molecule has 1 amide bonds. The molecule has 198 valence electrons. The topological polar surface area (TPSA) is 174 Å². The largest absolute Gasteiger partial charge is 0.493 e. The monoisotopic (exact) mass is 534 g/mol. The predicted molar refractivity (Wildman–Crippen MR) is 133 cm³/mol. The van der Waals surface area contributed by atoms with E-state index in [9.17, 15) is 9.59 Å². The van der Waals surface area contributed by atoms with Crippen LogP contribution in [0.1, 0.15) is 23.0 Å². The molecule has 3 aromatic rings. The third kappa shape index (κ3) is 8.37. The van der Waals surface area contributed by atoms with Crippen LogP contribution in [0.3, 0.4) is 0 Å². The van der Waals surface area contributed by atoms with Crippen molar-refractivity contribution in [1.29, 1.82) is 0 Å². The summed E-state index contributed by atoms with van der Waals surface area (Å²) < 4.78 is 21.1. The molecule has 12 nitrogen and oxygen atoms in total. The summed E-state index contributed by atoms with van der Waals surface area (Å²) in [5.74, 6) is -2.59. The molecule has 0 aliphatic heterocycles. The van der Waals surface area contributed by atoms with Gasteiger partial charge in [0.05, 0.1) is 40.2 Å². The van der Waals surface area contributed by atoms with Crippen molar-refractivity contribution in [2.75, 3.05) is 32.7 Å². The highest BCUT2D eigenvalue weighted by atomic mass is 32.1. The number of methoxy groups -OCH3 is 2. The molecule has 2 heterocycles. The van der Waals surface area contributed by atoms with Crippen LogP contribution in [0, 0.1) is 0 Å². The SMILES string of the molecule is CCOC(=O)c1c(-c2ccc(OC)c(OC)c2)csc1NC(=O)CNCc1ccco1.O=C(O)C(=O)O. The number of carbonyl (C=O) groups is 4. The van der Waals surface area contributed by atoms with E-state index in [0.717, 1.165) is 11.3 Å². The number of ether oxygens (including phenoxy) is 3. The minimum atomic E-state index is -1.82. The van der Waals surface area contributed by atoms with Crippen LogP contribution < -0.4 is 20.1 Å². The smallest absolute Gasteiger partial charge is 0.414 e. The van der Waals surface area contributed by atoms with Crippen molar-refractivity contribution < 1.29 is 48.0 Å². The van der Waals surface area contributed by atoms with Gasteiger partial charge in [0, 0.05) is 10.9 Å². The molecule has 37 heavy (non-hydrogen) atoms. The molecule has 0 spiro atoms. The van der Waals surface area contributed by atoms with Gasteiger partial charge in [-0.2, -0.15) is 0 Å². The number of carboxylic acid groups (broad SMARTS) is 2. The summed E-state index contributed by atoms with van der Waals surface area (Å²) in [4.78, 5) is 43.3. The summed E-state index contributed by atoms with van der Waals surface area (Å²) in [5, 5.41) is 22.8. The fourth-order valence-electron chi connectivity index (χ4n) is 2.96. The maximum absolute atomic E-state index is 12.7. The van der Waals surface area contributed by atoms with Crippen LogP contribution in [-0.2, 0) is 25.7 Å². The van der Waals surface area contributed by atoms with Crippen LogP contribution >= 0.6 is 11.3 Å². The first-order chi connectivity index (χ1) is 17.7. The molecule has 0 radical (unpaired) electrons. The Morgan fingerprint density at radius 1 is 1.03 bits per heavy atom. The van der Waals surface area contributed by atoms with Gasteiger partial charge >= 0.3 is 17.9 Å². The Balaban J connectivity index is 0.000000717. The second-order valence-corrected chi connectivity index (χ2v) is 7.86. The number of rotatable bonds is 10. The number of carboxylic acids is 2. The molecule has 0 fully saturated rings. The van der Waals surface area contributed by atoms with Gasteiger partial charge < -0.3 is 39.5 Å². The van der Waals surface area contributed by atoms with Crippen molar-refractivity contribution >= 4 is 40.2 Å². The standard InChI is InChI=1S/C22H24N2O6S.C2H2O4/c1-4-29-22(26)20-16(14-7-8-17(27-2)18(10-14)28-3)13-31-21(20)24-19(25)12-23-11-15-6-5-9-30-15;3-1(4)2(5)6/h5-10,13,23H,4,11-12H2,1-3H3,(H,24,25);(H,3,4)(H,5,6). The number of furan rings is 1. The molecule has 0 aliphatic rings. The van der Waals surface area contributed by atoms with Crippen LogP contribution in [0.4, 0.5) is 5.00 Å². The van der Waals surface area contributed by atoms with Crippen LogP contribution in [0.5, 0.6) is 11.5 Å². The summed E-state index contributed by atoms with van der Waals surface area (Å²) in [6, 6.07) is 8.96. The number of thiophene rings is 1. The number of benzene rings is 1. The van der Waals surface area contributed by atoms with Gasteiger partial charge in [-0.05, 0) is 36.8 Å². The van der Waals surface area contributed by atoms with Crippen LogP contribution in [0.25, 0.3) is 11.1 Å². The second-order valence-electron chi connectivity index (χ2n) is 6.99. The van der Waals surface area contributed by atoms with Gasteiger partial charge in [-0.15, -0.1) is 11.3 Å². The summed E-state index contributed by atoms with van der Waals surface area (Å²) in [6.45, 7) is 2.44. The number of hydrogen-bond acceptors (Lipinski definition) is 10. The normalized spacial score (nSPS) is 10.0. The Morgan fingerprint density at radius 3 is 2.30 bits per heavy atom. The molecule has 0 atom stereocenters. The Kier molecular flexibility index (Phi) is 11.1. The molecule has 0 unspecified atom stereocenters. The second kappa shape index (κ2) is 14.3. The molecule has 3 rings (SSSR count). The average Bonchev–Trinajstić information content (AvgIpc) is 3.54. The number of anilines is 1. The Bertz CT molecular complexity index is 1210. The maximum Gasteiger partial charge on any atom is 0.414 e. The number of amides is 1. The van der Waals surface area contributed by atoms with E-state index in [2.05, 4.69) is 10.6 Å². The van der Waals surface area contributed by atoms with Crippen molar-refractivity contribution in [2.24, 2.45) is 0 Å². The lowest BCUT2D eigenvalue weighted by atomic mass is 10.0. The molecule has 0 aliphatic carbocycles. The third-order valence-electron chi connectivity index (χ3n) is 4.57. The molecule has 1 aromatic carbocycles. The molecule has 4 N–H and O–H groups in total. The van der Waals surface area contributed by atoms with Crippen LogP contribution in [0.15, 0.2) is 46.4 Å². The van der Waals surface area contributed by atoms with E-state index < -0.39 is 17.9 Å². The highest BCUT2D eigenvalue weighted by molar-refractivity contribution is 7.15. The molecule has 13 heteroatoms. The van der Waals surface area contributed by atoms with Gasteiger partial charge in [-0.3, -0.25) is 4.79 Å². The van der Waals surface area contributed by atoms with Gasteiger partial charge in [0.1, 0.15) is 16.3 Å². The first-order valence-electron chi connectivity index (χ1n) is 10.7. The average molecular weight is 535 g/mol. The van der Waals surface area contributed by atoms with Crippen LogP contribution in [0.2, 0.25) is 0 Å². The molecule has 0 bridgehead atoms. The number of carbonyl (C=O) groups excluding carboxylic acids is 2. The fourth-order valence-corrected chi connectivity index (χ4v) is 3.93. The first-order valence-corrected chi connectivity index (χ1v) is 11.6. The summed E-state index contributed by atoms with van der Waals surface area (Å²) in [5.41, 5.74) is 1.69. The third-order valence-corrected chi connectivity index (χ3v) is 5.46. The van der Waals surface area contributed by atoms with E-state index in [0.29, 0.717) is 34.2 Å². The van der Waals surface area contributed by atoms with E-state index in [-0.39, 0.29) is 19.1 Å². The van der Waals surface area contributed by atoms with Crippen molar-refractivity contribution in [2.45, 2.75) is 13.5 Å². The fraction of sp³-hybridized carbons (Fsp3) is 0.250. The minimum absolute atomic E-state index is 0.0621. The van der Waals surface area contributed by atoms with Gasteiger partial charge in [-0.25, -0.2) is 14.4 Å². The van der Waals surface area contributed by atoms with Crippen molar-refractivity contribution in [3.05, 3.63) is 53.3 Å². The van der Waals surface area contributed by atoms with E-state index in [4.69, 9.17) is 38.4 Å². The Labute approximate surface area is 215 Å². The van der Waals surface area contributed by atoms with E-state index in [1.807, 2.05) is 12.1 Å². The van der Waals surface area contributed by atoms with E-state index in [1.165, 1.54) is 11.3 Å². The van der Waals surface area contributed by atoms with Gasteiger partial charge in [0.25, 0.3) is 0 Å². The predicted octanol–water partition coefficient (Wildman–Crippen LogP) is 3.09. The Morgan fingerprint density at radius 2 is 1.73 bits per heavy atom. The van der Waals surface area contributed by atoms with Gasteiger partial charge in [-0.1, -0.05) is 6.07 Å². The molecular weight excluding hydrogens is 508 g/mol. The number of hydrogen-bond donors (Lipinski definition) is 4. The van der Waals surface area contributed by atoms with E-state index >= 15 is 0 Å². The zero-order valence-corrected chi connectivity index (χ0v) is 21.0. The molecule has 0 saturated carbocycles. The van der Waals surface area contributed by atoms with Crippen molar-refractivity contribution in [1.82, 2.24) is 5.32 Å². The number of nitrogens with one attached hydrogen (secondary N) is 2. The van der Waals surface area contributed by atoms with Crippen molar-refractivity contribution in [3.63, 3.8) is 0 Å². The van der Waals surface area contributed by atoms with Crippen LogP contribution in [-0.4, -0.2) is 61.4 Å². The number of aliphatic carboxylic acids is 2. The lowest BCUT2D eigenvalue weighted by Gasteiger charge is -2.11. The lowest BCUT2D eigenvalue weighted by Crippen LogP contribution is -2.28. The van der Waals surface area contributed by atoms with Gasteiger partial charge in [0.15, 0.2) is 11.5 Å². The highest BCUT2D eigenvalue weighted by Crippen LogP contribution is 2.39. The number of esters is 1. The minimum Gasteiger partial charge on any atom is -0.493 e. The summed E-state index contributed by atoms with van der Waals surface area (Å²) in [7, 11) is 3.10. The quantitative estimate of drug-likeness (QED) is 0.222. The molecular formula is C24H26N2O10S. The molecule has 2 aromatic heterocycles. The van der Waals surface area contributed by atoms with E-state index in [1.54, 1.807) is 51.0 Å². The molecule has 0 saturated heterocycles. The zero-order chi connectivity index (χ0) is 27.4. The Hall–Kier alpha value is -4.36. The zero-order valence-electron chi connectivity index (χ0n) is 20.2. The lowest BCUT2D eigenvalue weighted by molar-refractivity contribution is -0.159. The van der Waals surface area contributed by atoms with Gasteiger partial charge in [0.2, 0.25) is 5.91 Å². The summed E-state index contributed by atoms with van der Waals surface area (Å²) in [6.07, 6.45) is 1.57. The maximum atomic E-state index is 12.7. The first kappa shape index (κ1) is 28.9. The summed E-state index contributed by atoms with van der Waals surface area (Å²) >= 11 is 1.26. The highest BCUT2D eigenvalue weighted by Gasteiger charge is 2.23. The van der Waals surface area contributed by atoms with Crippen molar-refractivity contribution in [3.8, 4) is 22.6 Å².